The molecule has 1 aliphatic rings. The minimum atomic E-state index is -0.308. The number of carbonyl (C=O) groups is 1. The molecule has 0 aliphatic carbocycles. The molecule has 0 bridgehead atoms. The average molecular weight is 418 g/mol. The highest BCUT2D eigenvalue weighted by atomic mass is 16.5. The van der Waals surface area contributed by atoms with Crippen molar-refractivity contribution in [3.05, 3.63) is 100.0 Å². The zero-order valence-electron chi connectivity index (χ0n) is 17.4. The largest absolute Gasteiger partial charge is 0.483 e. The van der Waals surface area contributed by atoms with Gasteiger partial charge in [-0.2, -0.15) is 0 Å². The molecule has 2 N–H and O–H groups in total. The maximum absolute atomic E-state index is 12.6. The molecule has 0 unspecified atom stereocenters. The van der Waals surface area contributed by atoms with E-state index in [2.05, 4.69) is 39.5 Å². The van der Waals surface area contributed by atoms with E-state index in [9.17, 15) is 9.59 Å². The van der Waals surface area contributed by atoms with Gasteiger partial charge in [0.25, 0.3) is 5.91 Å². The lowest BCUT2D eigenvalue weighted by Gasteiger charge is -2.32. The highest BCUT2D eigenvalue weighted by molar-refractivity contribution is 5.92. The first-order valence-electron chi connectivity index (χ1n) is 10.6. The monoisotopic (exact) mass is 417 g/mol. The van der Waals surface area contributed by atoms with Crippen LogP contribution in [0.25, 0.3) is 0 Å². The smallest absolute Gasteiger partial charge is 0.268 e. The Balaban J connectivity index is 1.27. The highest BCUT2D eigenvalue weighted by Gasteiger charge is 2.21. The SMILES string of the molecule is O=C(NC1CCN(Cc2ccccc2)CC1)c1cc(=O)c(OCc2ccccc2)c[nH]1. The van der Waals surface area contributed by atoms with Crippen molar-refractivity contribution in [1.82, 2.24) is 15.2 Å². The summed E-state index contributed by atoms with van der Waals surface area (Å²) in [6, 6.07) is 21.5. The van der Waals surface area contributed by atoms with Gasteiger partial charge >= 0.3 is 0 Å². The number of likely N-dealkylation sites (tertiary alicyclic amines) is 1. The number of H-pyrrole nitrogens is 1. The zero-order valence-corrected chi connectivity index (χ0v) is 17.4. The number of ether oxygens (including phenoxy) is 1. The number of hydrogen-bond acceptors (Lipinski definition) is 4. The Morgan fingerprint density at radius 2 is 1.65 bits per heavy atom. The summed E-state index contributed by atoms with van der Waals surface area (Å²) >= 11 is 0. The first kappa shape index (κ1) is 20.9. The molecule has 1 fully saturated rings. The molecule has 0 radical (unpaired) electrons. The van der Waals surface area contributed by atoms with Crippen LogP contribution in [0.4, 0.5) is 0 Å². The van der Waals surface area contributed by atoms with Crippen LogP contribution >= 0.6 is 0 Å². The van der Waals surface area contributed by atoms with E-state index in [0.717, 1.165) is 38.0 Å². The molecule has 1 amide bonds. The van der Waals surface area contributed by atoms with Crippen molar-refractivity contribution < 1.29 is 9.53 Å². The van der Waals surface area contributed by atoms with Crippen LogP contribution in [-0.4, -0.2) is 34.9 Å². The van der Waals surface area contributed by atoms with E-state index in [0.29, 0.717) is 6.61 Å². The van der Waals surface area contributed by atoms with E-state index in [1.54, 1.807) is 0 Å². The number of benzene rings is 2. The molecule has 4 rings (SSSR count). The predicted molar refractivity (Wildman–Crippen MR) is 120 cm³/mol. The number of aromatic amines is 1. The maximum Gasteiger partial charge on any atom is 0.268 e. The van der Waals surface area contributed by atoms with Crippen molar-refractivity contribution in [1.29, 1.82) is 0 Å². The molecule has 1 aromatic heterocycles. The van der Waals surface area contributed by atoms with Gasteiger partial charge in [-0.25, -0.2) is 0 Å². The van der Waals surface area contributed by atoms with Gasteiger partial charge in [0.15, 0.2) is 5.75 Å². The Kier molecular flexibility index (Phi) is 6.79. The van der Waals surface area contributed by atoms with E-state index in [4.69, 9.17) is 4.74 Å². The second-order valence-electron chi connectivity index (χ2n) is 7.86. The molecule has 2 aromatic carbocycles. The van der Waals surface area contributed by atoms with Gasteiger partial charge in [0.05, 0.1) is 0 Å². The van der Waals surface area contributed by atoms with Crippen LogP contribution in [0.15, 0.2) is 77.7 Å². The van der Waals surface area contributed by atoms with Crippen LogP contribution in [0, 0.1) is 0 Å². The Hall–Kier alpha value is -3.38. The summed E-state index contributed by atoms with van der Waals surface area (Å²) in [5.41, 5.74) is 2.22. The van der Waals surface area contributed by atoms with Gasteiger partial charge in [0, 0.05) is 37.9 Å². The van der Waals surface area contributed by atoms with Gasteiger partial charge < -0.3 is 15.0 Å². The third kappa shape index (κ3) is 5.83. The standard InChI is InChI=1S/C25H27N3O3/c29-23-15-22(26-16-24(23)31-18-20-9-5-2-6-10-20)25(30)27-21-11-13-28(14-12-21)17-19-7-3-1-4-8-19/h1-10,15-16,21H,11-14,17-18H2,(H,26,29)(H,27,30). The van der Waals surface area contributed by atoms with Crippen LogP contribution in [0.1, 0.15) is 34.5 Å². The number of aromatic nitrogens is 1. The fraction of sp³-hybridized carbons (Fsp3) is 0.280. The first-order valence-corrected chi connectivity index (χ1v) is 10.6. The molecule has 0 saturated carbocycles. The van der Waals surface area contributed by atoms with E-state index >= 15 is 0 Å². The van der Waals surface area contributed by atoms with Crippen LogP contribution < -0.4 is 15.5 Å². The summed E-state index contributed by atoms with van der Waals surface area (Å²) in [4.78, 5) is 30.2. The van der Waals surface area contributed by atoms with Crippen molar-refractivity contribution >= 4 is 5.91 Å². The molecule has 0 atom stereocenters. The second-order valence-corrected chi connectivity index (χ2v) is 7.86. The van der Waals surface area contributed by atoms with Crippen LogP contribution in [-0.2, 0) is 13.2 Å². The summed E-state index contributed by atoms with van der Waals surface area (Å²) in [7, 11) is 0. The summed E-state index contributed by atoms with van der Waals surface area (Å²) in [5, 5.41) is 3.05. The number of hydrogen-bond donors (Lipinski definition) is 2. The molecule has 31 heavy (non-hydrogen) atoms. The molecular weight excluding hydrogens is 390 g/mol. The summed E-state index contributed by atoms with van der Waals surface area (Å²) in [5.74, 6) is -0.0529. The quantitative estimate of drug-likeness (QED) is 0.618. The molecular formula is C25H27N3O3. The van der Waals surface area contributed by atoms with Crippen LogP contribution in [0.3, 0.4) is 0 Å². The van der Waals surface area contributed by atoms with E-state index in [-0.39, 0.29) is 28.8 Å². The number of rotatable bonds is 7. The lowest BCUT2D eigenvalue weighted by molar-refractivity contribution is 0.0903. The molecule has 1 aliphatic heterocycles. The van der Waals surface area contributed by atoms with Gasteiger partial charge in [-0.15, -0.1) is 0 Å². The Morgan fingerprint density at radius 1 is 1.00 bits per heavy atom. The number of amides is 1. The first-order chi connectivity index (χ1) is 15.2. The van der Waals surface area contributed by atoms with Gasteiger partial charge in [0.2, 0.25) is 5.43 Å². The van der Waals surface area contributed by atoms with E-state index in [1.807, 2.05) is 36.4 Å². The maximum atomic E-state index is 12.6. The van der Waals surface area contributed by atoms with Crippen molar-refractivity contribution in [2.24, 2.45) is 0 Å². The Bertz CT molecular complexity index is 1040. The number of piperidine rings is 1. The minimum Gasteiger partial charge on any atom is -0.483 e. The van der Waals surface area contributed by atoms with Crippen molar-refractivity contribution in [3.8, 4) is 5.75 Å². The van der Waals surface area contributed by atoms with Crippen molar-refractivity contribution in [3.63, 3.8) is 0 Å². The van der Waals surface area contributed by atoms with Crippen LogP contribution in [0.5, 0.6) is 5.75 Å². The molecule has 6 heteroatoms. The third-order valence-corrected chi connectivity index (χ3v) is 5.53. The van der Waals surface area contributed by atoms with E-state index in [1.165, 1.54) is 17.8 Å². The number of nitrogens with one attached hydrogen (secondary N) is 2. The second kappa shape index (κ2) is 10.1. The number of carbonyl (C=O) groups excluding carboxylic acids is 1. The normalized spacial score (nSPS) is 14.8. The summed E-state index contributed by atoms with van der Waals surface area (Å²) in [6.07, 6.45) is 3.24. The fourth-order valence-corrected chi connectivity index (χ4v) is 3.78. The Morgan fingerprint density at radius 3 is 2.29 bits per heavy atom. The number of pyridine rings is 1. The number of nitrogens with zero attached hydrogens (tertiary/aromatic N) is 1. The molecule has 1 saturated heterocycles. The lowest BCUT2D eigenvalue weighted by atomic mass is 10.0. The molecule has 160 valence electrons. The minimum absolute atomic E-state index is 0.108. The zero-order chi connectivity index (χ0) is 21.5. The van der Waals surface area contributed by atoms with Crippen LogP contribution in [0.2, 0.25) is 0 Å². The lowest BCUT2D eigenvalue weighted by Crippen LogP contribution is -2.44. The van der Waals surface area contributed by atoms with Gasteiger partial charge in [-0.1, -0.05) is 60.7 Å². The van der Waals surface area contributed by atoms with Crippen molar-refractivity contribution in [2.45, 2.75) is 32.0 Å². The summed E-state index contributed by atoms with van der Waals surface area (Å²) in [6.45, 7) is 3.10. The average Bonchev–Trinajstić information content (AvgIpc) is 2.81. The van der Waals surface area contributed by atoms with Gasteiger partial charge in [-0.3, -0.25) is 14.5 Å². The topological polar surface area (TPSA) is 74.4 Å². The molecule has 3 aromatic rings. The molecule has 2 heterocycles. The summed E-state index contributed by atoms with van der Waals surface area (Å²) < 4.78 is 5.59. The molecule has 0 spiro atoms. The predicted octanol–water partition coefficient (Wildman–Crippen LogP) is 3.35. The Labute approximate surface area is 181 Å². The van der Waals surface area contributed by atoms with E-state index < -0.39 is 0 Å². The molecule has 6 nitrogen and oxygen atoms in total. The van der Waals surface area contributed by atoms with Gasteiger partial charge in [0.1, 0.15) is 12.3 Å². The van der Waals surface area contributed by atoms with Gasteiger partial charge in [-0.05, 0) is 24.0 Å². The fourth-order valence-electron chi connectivity index (χ4n) is 3.78. The third-order valence-electron chi connectivity index (χ3n) is 5.53. The van der Waals surface area contributed by atoms with Crippen molar-refractivity contribution in [2.75, 3.05) is 13.1 Å². The highest BCUT2D eigenvalue weighted by Crippen LogP contribution is 2.14.